The third-order valence-corrected chi connectivity index (χ3v) is 3.83. The summed E-state index contributed by atoms with van der Waals surface area (Å²) in [6.45, 7) is 0. The maximum Gasteiger partial charge on any atom is 0.268 e. The third-order valence-electron chi connectivity index (χ3n) is 3.83. The van der Waals surface area contributed by atoms with Crippen molar-refractivity contribution in [2.75, 3.05) is 19.5 Å². The van der Waals surface area contributed by atoms with Crippen molar-refractivity contribution in [3.05, 3.63) is 48.0 Å². The number of methoxy groups -OCH3 is 2. The number of ether oxygens (including phenoxy) is 2. The first-order chi connectivity index (χ1) is 12.1. The quantitative estimate of drug-likeness (QED) is 0.871. The van der Waals surface area contributed by atoms with E-state index in [1.54, 1.807) is 49.6 Å². The minimum atomic E-state index is -0.761. The maximum absolute atomic E-state index is 12.4. The second kappa shape index (κ2) is 7.12. The Balaban J connectivity index is 1.67. The van der Waals surface area contributed by atoms with E-state index >= 15 is 0 Å². The summed E-state index contributed by atoms with van der Waals surface area (Å²) < 4.78 is 10.4. The summed E-state index contributed by atoms with van der Waals surface area (Å²) in [5, 5.41) is 16.6. The zero-order valence-corrected chi connectivity index (χ0v) is 13.9. The molecule has 0 bridgehead atoms. The highest BCUT2D eigenvalue weighted by molar-refractivity contribution is 6.07. The van der Waals surface area contributed by atoms with Crippen LogP contribution in [0.3, 0.4) is 0 Å². The molecule has 1 aliphatic rings. The van der Waals surface area contributed by atoms with Gasteiger partial charge < -0.3 is 24.7 Å². The number of nitrogens with zero attached hydrogens (tertiary/aromatic N) is 1. The van der Waals surface area contributed by atoms with Crippen molar-refractivity contribution in [2.24, 2.45) is 5.16 Å². The fourth-order valence-corrected chi connectivity index (χ4v) is 2.53. The summed E-state index contributed by atoms with van der Waals surface area (Å²) in [6, 6.07) is 11.9. The minimum absolute atomic E-state index is 0.103. The third kappa shape index (κ3) is 3.50. The van der Waals surface area contributed by atoms with Gasteiger partial charge in [-0.05, 0) is 24.3 Å². The SMILES string of the molecule is COc1ccc(NC(=O)[C@H]2CC(c3ccccc3O)=NO2)cc1OC. The second-order valence-corrected chi connectivity index (χ2v) is 5.41. The summed E-state index contributed by atoms with van der Waals surface area (Å²) in [5.41, 5.74) is 1.65. The summed E-state index contributed by atoms with van der Waals surface area (Å²) in [6.07, 6.45) is -0.487. The van der Waals surface area contributed by atoms with Crippen LogP contribution in [0.1, 0.15) is 12.0 Å². The van der Waals surface area contributed by atoms with E-state index in [9.17, 15) is 9.90 Å². The van der Waals surface area contributed by atoms with E-state index in [2.05, 4.69) is 10.5 Å². The number of amides is 1. The number of hydrogen-bond acceptors (Lipinski definition) is 6. The van der Waals surface area contributed by atoms with Crippen molar-refractivity contribution < 1.29 is 24.2 Å². The summed E-state index contributed by atoms with van der Waals surface area (Å²) in [5.74, 6) is 0.855. The van der Waals surface area contributed by atoms with Crippen molar-refractivity contribution in [1.29, 1.82) is 0 Å². The van der Waals surface area contributed by atoms with Crippen LogP contribution in [-0.2, 0) is 9.63 Å². The number of nitrogens with one attached hydrogen (secondary N) is 1. The van der Waals surface area contributed by atoms with E-state index in [0.29, 0.717) is 28.5 Å². The average Bonchev–Trinajstić information content (AvgIpc) is 3.12. The highest BCUT2D eigenvalue weighted by atomic mass is 16.6. The number of anilines is 1. The molecular formula is C18H18N2O5. The van der Waals surface area contributed by atoms with E-state index in [-0.39, 0.29) is 18.1 Å². The molecule has 2 N–H and O–H groups in total. The van der Waals surface area contributed by atoms with Gasteiger partial charge in [-0.15, -0.1) is 0 Å². The molecule has 7 nitrogen and oxygen atoms in total. The molecule has 1 heterocycles. The van der Waals surface area contributed by atoms with Crippen molar-refractivity contribution in [1.82, 2.24) is 0 Å². The van der Waals surface area contributed by atoms with Gasteiger partial charge in [0.25, 0.3) is 5.91 Å². The van der Waals surface area contributed by atoms with Gasteiger partial charge in [-0.1, -0.05) is 17.3 Å². The smallest absolute Gasteiger partial charge is 0.268 e. The van der Waals surface area contributed by atoms with Gasteiger partial charge in [0.15, 0.2) is 11.5 Å². The van der Waals surface area contributed by atoms with Gasteiger partial charge >= 0.3 is 0 Å². The molecule has 130 valence electrons. The first-order valence-electron chi connectivity index (χ1n) is 7.66. The highest BCUT2D eigenvalue weighted by Crippen LogP contribution is 2.30. The average molecular weight is 342 g/mol. The minimum Gasteiger partial charge on any atom is -0.507 e. The molecule has 0 radical (unpaired) electrons. The molecule has 0 saturated heterocycles. The van der Waals surface area contributed by atoms with Crippen LogP contribution >= 0.6 is 0 Å². The zero-order chi connectivity index (χ0) is 17.8. The van der Waals surface area contributed by atoms with Crippen LogP contribution in [-0.4, -0.2) is 37.0 Å². The number of hydrogen-bond donors (Lipinski definition) is 2. The van der Waals surface area contributed by atoms with Gasteiger partial charge in [0.1, 0.15) is 5.75 Å². The van der Waals surface area contributed by atoms with Crippen LogP contribution in [0.5, 0.6) is 17.2 Å². The topological polar surface area (TPSA) is 89.4 Å². The fourth-order valence-electron chi connectivity index (χ4n) is 2.53. The van der Waals surface area contributed by atoms with Crippen molar-refractivity contribution in [3.8, 4) is 17.2 Å². The molecule has 0 fully saturated rings. The highest BCUT2D eigenvalue weighted by Gasteiger charge is 2.30. The number of phenolic OH excluding ortho intramolecular Hbond substituents is 1. The predicted octanol–water partition coefficient (Wildman–Crippen LogP) is 2.54. The lowest BCUT2D eigenvalue weighted by Gasteiger charge is -2.12. The molecule has 1 aliphatic heterocycles. The normalized spacial score (nSPS) is 15.9. The number of para-hydroxylation sites is 1. The molecule has 2 aromatic carbocycles. The lowest BCUT2D eigenvalue weighted by atomic mass is 10.0. The summed E-state index contributed by atoms with van der Waals surface area (Å²) in [4.78, 5) is 17.6. The van der Waals surface area contributed by atoms with E-state index in [1.807, 2.05) is 0 Å². The molecule has 0 aliphatic carbocycles. The van der Waals surface area contributed by atoms with Gasteiger partial charge in [0.05, 0.1) is 19.9 Å². The van der Waals surface area contributed by atoms with E-state index in [4.69, 9.17) is 14.3 Å². The first-order valence-corrected chi connectivity index (χ1v) is 7.66. The van der Waals surface area contributed by atoms with Crippen LogP contribution < -0.4 is 14.8 Å². The Labute approximate surface area is 144 Å². The Morgan fingerprint density at radius 3 is 2.68 bits per heavy atom. The van der Waals surface area contributed by atoms with Gasteiger partial charge in [0.2, 0.25) is 6.10 Å². The molecule has 25 heavy (non-hydrogen) atoms. The molecule has 0 unspecified atom stereocenters. The van der Waals surface area contributed by atoms with Gasteiger partial charge in [0, 0.05) is 23.7 Å². The van der Waals surface area contributed by atoms with Crippen molar-refractivity contribution in [2.45, 2.75) is 12.5 Å². The molecule has 0 saturated carbocycles. The van der Waals surface area contributed by atoms with Crippen molar-refractivity contribution in [3.63, 3.8) is 0 Å². The largest absolute Gasteiger partial charge is 0.507 e. The first kappa shape index (κ1) is 16.6. The Bertz CT molecular complexity index is 819. The Morgan fingerprint density at radius 2 is 1.96 bits per heavy atom. The number of carbonyl (C=O) groups excluding carboxylic acids is 1. The molecule has 0 aromatic heterocycles. The Morgan fingerprint density at radius 1 is 1.20 bits per heavy atom. The van der Waals surface area contributed by atoms with Crippen LogP contribution in [0.4, 0.5) is 5.69 Å². The van der Waals surface area contributed by atoms with Crippen LogP contribution in [0, 0.1) is 0 Å². The van der Waals surface area contributed by atoms with Crippen molar-refractivity contribution >= 4 is 17.3 Å². The number of benzene rings is 2. The summed E-state index contributed by atoms with van der Waals surface area (Å²) in [7, 11) is 3.07. The number of oxime groups is 1. The lowest BCUT2D eigenvalue weighted by Crippen LogP contribution is -2.28. The zero-order valence-electron chi connectivity index (χ0n) is 13.9. The molecule has 2 aromatic rings. The number of carbonyl (C=O) groups is 1. The molecule has 3 rings (SSSR count). The van der Waals surface area contributed by atoms with E-state index in [1.165, 1.54) is 7.11 Å². The fraction of sp³-hybridized carbons (Fsp3) is 0.222. The molecule has 0 spiro atoms. The van der Waals surface area contributed by atoms with E-state index in [0.717, 1.165) is 0 Å². The Kier molecular flexibility index (Phi) is 4.74. The monoisotopic (exact) mass is 342 g/mol. The lowest BCUT2D eigenvalue weighted by molar-refractivity contribution is -0.125. The van der Waals surface area contributed by atoms with Crippen LogP contribution in [0.15, 0.2) is 47.6 Å². The van der Waals surface area contributed by atoms with Gasteiger partial charge in [-0.3, -0.25) is 4.79 Å². The van der Waals surface area contributed by atoms with Gasteiger partial charge in [-0.2, -0.15) is 0 Å². The summed E-state index contributed by atoms with van der Waals surface area (Å²) >= 11 is 0. The maximum atomic E-state index is 12.4. The standard InChI is InChI=1S/C18H18N2O5/c1-23-15-8-7-11(9-16(15)24-2)19-18(22)17-10-13(20-25-17)12-5-3-4-6-14(12)21/h3-9,17,21H,10H2,1-2H3,(H,19,22)/t17-/m1/s1. The number of phenols is 1. The molecule has 7 heteroatoms. The number of aromatic hydroxyl groups is 1. The molecule has 1 atom stereocenters. The predicted molar refractivity (Wildman–Crippen MR) is 92.3 cm³/mol. The molecule has 1 amide bonds. The van der Waals surface area contributed by atoms with Crippen LogP contribution in [0.25, 0.3) is 0 Å². The van der Waals surface area contributed by atoms with Crippen LogP contribution in [0.2, 0.25) is 0 Å². The van der Waals surface area contributed by atoms with E-state index < -0.39 is 6.10 Å². The number of rotatable bonds is 5. The second-order valence-electron chi connectivity index (χ2n) is 5.41. The Hall–Kier alpha value is -3.22. The molecular weight excluding hydrogens is 324 g/mol. The van der Waals surface area contributed by atoms with Gasteiger partial charge in [-0.25, -0.2) is 0 Å².